The van der Waals surface area contributed by atoms with E-state index in [1.165, 1.54) is 68.3 Å². The van der Waals surface area contributed by atoms with Gasteiger partial charge in [0.15, 0.2) is 0 Å². The van der Waals surface area contributed by atoms with E-state index in [1.807, 2.05) is 36.7 Å². The summed E-state index contributed by atoms with van der Waals surface area (Å²) in [7, 11) is 0. The van der Waals surface area contributed by atoms with Gasteiger partial charge in [-0.2, -0.15) is 10.2 Å². The molecule has 0 radical (unpaired) electrons. The number of rotatable bonds is 21. The van der Waals surface area contributed by atoms with Crippen molar-refractivity contribution < 1.29 is 0 Å². The zero-order valence-electron chi connectivity index (χ0n) is 32.9. The zero-order chi connectivity index (χ0) is 37.8. The molecule has 0 fully saturated rings. The number of unbranched alkanes of at least 4 members (excludes halogenated alkanes) is 4. The smallest absolute Gasteiger partial charge is 0.0892 e. The molecule has 5 aromatic rings. The SMILES string of the molecule is CCCCN(CCCC)c1ccc(/C=C/c2ccnc(-c3cc(/C=C/c4ccc(N=Nc5ccc(N(CCCC)CCCC)cc5)cc4)ccn3)c2)cc1. The van der Waals surface area contributed by atoms with E-state index in [-0.39, 0.29) is 0 Å². The lowest BCUT2D eigenvalue weighted by Crippen LogP contribution is -2.25. The third kappa shape index (κ3) is 12.6. The van der Waals surface area contributed by atoms with Crippen molar-refractivity contribution in [1.82, 2.24) is 9.97 Å². The second kappa shape index (κ2) is 22.0. The van der Waals surface area contributed by atoms with Crippen LogP contribution in [0.2, 0.25) is 0 Å². The molecule has 54 heavy (non-hydrogen) atoms. The second-order valence-corrected chi connectivity index (χ2v) is 13.9. The summed E-state index contributed by atoms with van der Waals surface area (Å²) in [5.41, 5.74) is 10.4. The molecule has 5 rings (SSSR count). The lowest BCUT2D eigenvalue weighted by molar-refractivity contribution is 0.678. The standard InChI is InChI=1S/C48H58N6/c1-5-9-33-53(34-10-6-2)45-25-19-40(20-26-45)14-16-42-30-32-50-48(38-42)47-37-41(29-31-49-47)15-13-39-17-21-43(22-18-39)51-52-44-23-27-46(28-24-44)54(35-11-7-3)36-12-8-4/h13-32,37-38H,5-12,33-36H2,1-4H3/b15-13+,16-14+,52-51?. The molecule has 0 saturated heterocycles. The van der Waals surface area contributed by atoms with Gasteiger partial charge in [0, 0.05) is 49.9 Å². The van der Waals surface area contributed by atoms with Crippen molar-refractivity contribution in [1.29, 1.82) is 0 Å². The fourth-order valence-electron chi connectivity index (χ4n) is 6.20. The van der Waals surface area contributed by atoms with Crippen LogP contribution in [0.1, 0.15) is 101 Å². The summed E-state index contributed by atoms with van der Waals surface area (Å²) in [4.78, 5) is 14.3. The van der Waals surface area contributed by atoms with E-state index in [1.54, 1.807) is 0 Å². The van der Waals surface area contributed by atoms with Gasteiger partial charge in [0.05, 0.1) is 22.8 Å². The number of hydrogen-bond donors (Lipinski definition) is 0. The first-order chi connectivity index (χ1) is 26.6. The van der Waals surface area contributed by atoms with Crippen LogP contribution in [0.15, 0.2) is 120 Å². The first-order valence-electron chi connectivity index (χ1n) is 20.1. The number of pyridine rings is 2. The molecule has 2 aromatic heterocycles. The predicted molar refractivity (Wildman–Crippen MR) is 233 cm³/mol. The molecule has 2 heterocycles. The molecule has 0 saturated carbocycles. The first kappa shape index (κ1) is 39.8. The Morgan fingerprint density at radius 3 is 1.15 bits per heavy atom. The van der Waals surface area contributed by atoms with Gasteiger partial charge in [-0.1, -0.05) is 102 Å². The summed E-state index contributed by atoms with van der Waals surface area (Å²) in [6.45, 7) is 13.4. The topological polar surface area (TPSA) is 57.0 Å². The van der Waals surface area contributed by atoms with Crippen LogP contribution in [0.25, 0.3) is 35.7 Å². The highest BCUT2D eigenvalue weighted by molar-refractivity contribution is 5.74. The molecule has 0 unspecified atom stereocenters. The van der Waals surface area contributed by atoms with Gasteiger partial charge < -0.3 is 9.80 Å². The van der Waals surface area contributed by atoms with Gasteiger partial charge in [-0.3, -0.25) is 9.97 Å². The van der Waals surface area contributed by atoms with Crippen molar-refractivity contribution in [2.45, 2.75) is 79.1 Å². The fraction of sp³-hybridized carbons (Fsp3) is 0.333. The van der Waals surface area contributed by atoms with Crippen molar-refractivity contribution in [3.05, 3.63) is 132 Å². The van der Waals surface area contributed by atoms with Crippen LogP contribution in [-0.4, -0.2) is 36.1 Å². The maximum Gasteiger partial charge on any atom is 0.0892 e. The second-order valence-electron chi connectivity index (χ2n) is 13.9. The Labute approximate surface area is 324 Å². The predicted octanol–water partition coefficient (Wildman–Crippen LogP) is 13.7. The third-order valence-electron chi connectivity index (χ3n) is 9.54. The molecule has 0 aliphatic carbocycles. The highest BCUT2D eigenvalue weighted by Crippen LogP contribution is 2.25. The van der Waals surface area contributed by atoms with Crippen molar-refractivity contribution in [2.24, 2.45) is 10.2 Å². The Balaban J connectivity index is 1.18. The van der Waals surface area contributed by atoms with Crippen LogP contribution in [-0.2, 0) is 0 Å². The number of anilines is 2. The molecule has 6 heteroatoms. The van der Waals surface area contributed by atoms with Crippen LogP contribution in [0.3, 0.4) is 0 Å². The van der Waals surface area contributed by atoms with E-state index in [4.69, 9.17) is 0 Å². The van der Waals surface area contributed by atoms with Crippen molar-refractivity contribution >= 4 is 47.1 Å². The Bertz CT molecular complexity index is 1890. The maximum absolute atomic E-state index is 4.64. The molecule has 0 amide bonds. The largest absolute Gasteiger partial charge is 0.372 e. The van der Waals surface area contributed by atoms with Gasteiger partial charge in [0.2, 0.25) is 0 Å². The van der Waals surface area contributed by atoms with Crippen LogP contribution in [0, 0.1) is 0 Å². The number of nitrogens with zero attached hydrogens (tertiary/aromatic N) is 6. The van der Waals surface area contributed by atoms with E-state index in [0.29, 0.717) is 0 Å². The van der Waals surface area contributed by atoms with Gasteiger partial charge in [-0.25, -0.2) is 0 Å². The Hall–Kier alpha value is -5.36. The van der Waals surface area contributed by atoms with Gasteiger partial charge in [-0.05, 0) is 121 Å². The van der Waals surface area contributed by atoms with E-state index >= 15 is 0 Å². The summed E-state index contributed by atoms with van der Waals surface area (Å²) >= 11 is 0. The molecule has 0 aliphatic heterocycles. The lowest BCUT2D eigenvalue weighted by Gasteiger charge is -2.24. The molecule has 0 bridgehead atoms. The van der Waals surface area contributed by atoms with Crippen LogP contribution in [0.4, 0.5) is 22.7 Å². The van der Waals surface area contributed by atoms with Gasteiger partial charge in [0.1, 0.15) is 0 Å². The lowest BCUT2D eigenvalue weighted by atomic mass is 10.1. The van der Waals surface area contributed by atoms with Crippen LogP contribution in [0.5, 0.6) is 0 Å². The molecule has 0 spiro atoms. The zero-order valence-corrected chi connectivity index (χ0v) is 32.9. The first-order valence-corrected chi connectivity index (χ1v) is 20.1. The average molecular weight is 719 g/mol. The number of hydrogen-bond acceptors (Lipinski definition) is 6. The van der Waals surface area contributed by atoms with E-state index in [9.17, 15) is 0 Å². The minimum atomic E-state index is 0.823. The van der Waals surface area contributed by atoms with Gasteiger partial charge in [0.25, 0.3) is 0 Å². The molecule has 0 atom stereocenters. The maximum atomic E-state index is 4.64. The van der Waals surface area contributed by atoms with E-state index in [0.717, 1.165) is 65.6 Å². The average Bonchev–Trinajstić information content (AvgIpc) is 3.22. The molecule has 280 valence electrons. The highest BCUT2D eigenvalue weighted by Gasteiger charge is 2.07. The van der Waals surface area contributed by atoms with Crippen molar-refractivity contribution in [3.8, 4) is 11.4 Å². The number of benzene rings is 3. The van der Waals surface area contributed by atoms with E-state index in [2.05, 4.69) is 155 Å². The molecular formula is C48H58N6. The quantitative estimate of drug-likeness (QED) is 0.0709. The monoisotopic (exact) mass is 718 g/mol. The summed E-state index contributed by atoms with van der Waals surface area (Å²) in [6.07, 6.45) is 21.9. The molecule has 0 aliphatic rings. The molecular weight excluding hydrogens is 661 g/mol. The molecule has 6 nitrogen and oxygen atoms in total. The molecule has 0 N–H and O–H groups in total. The summed E-state index contributed by atoms with van der Waals surface area (Å²) in [5.74, 6) is 0. The third-order valence-corrected chi connectivity index (χ3v) is 9.54. The summed E-state index contributed by atoms with van der Waals surface area (Å²) in [5, 5.41) is 8.98. The van der Waals surface area contributed by atoms with Gasteiger partial charge >= 0.3 is 0 Å². The van der Waals surface area contributed by atoms with Crippen LogP contribution >= 0.6 is 0 Å². The summed E-state index contributed by atoms with van der Waals surface area (Å²) in [6, 6.07) is 33.7. The van der Waals surface area contributed by atoms with E-state index < -0.39 is 0 Å². The Morgan fingerprint density at radius 2 is 0.759 bits per heavy atom. The van der Waals surface area contributed by atoms with Crippen molar-refractivity contribution in [2.75, 3.05) is 36.0 Å². The summed E-state index contributed by atoms with van der Waals surface area (Å²) < 4.78 is 0. The Kier molecular flexibility index (Phi) is 16.2. The fourth-order valence-corrected chi connectivity index (χ4v) is 6.20. The highest BCUT2D eigenvalue weighted by atomic mass is 15.1. The number of aromatic nitrogens is 2. The molecule has 3 aromatic carbocycles. The minimum absolute atomic E-state index is 0.823. The van der Waals surface area contributed by atoms with Crippen molar-refractivity contribution in [3.63, 3.8) is 0 Å². The minimum Gasteiger partial charge on any atom is -0.372 e. The normalized spacial score (nSPS) is 11.6. The van der Waals surface area contributed by atoms with Gasteiger partial charge in [-0.15, -0.1) is 0 Å². The van der Waals surface area contributed by atoms with Crippen LogP contribution < -0.4 is 9.80 Å². The number of azo groups is 1. The Morgan fingerprint density at radius 1 is 0.426 bits per heavy atom.